The fourth-order valence-electron chi connectivity index (χ4n) is 2.86. The molecular weight excluding hydrogens is 460 g/mol. The molecule has 1 aromatic carbocycles. The summed E-state index contributed by atoms with van der Waals surface area (Å²) in [5, 5.41) is 10.1. The maximum absolute atomic E-state index is 12.4. The molecule has 188 valence electrons. The fourth-order valence-corrected chi connectivity index (χ4v) is 3.86. The van der Waals surface area contributed by atoms with Crippen molar-refractivity contribution in [3.8, 4) is 5.75 Å². The number of hydrogen-bond donors (Lipinski definition) is 2. The predicted octanol–water partition coefficient (Wildman–Crippen LogP) is 6.16. The van der Waals surface area contributed by atoms with Gasteiger partial charge < -0.3 is 14.7 Å². The SMILES string of the molecule is CC.CCCCN(CCCC)C(/C=C(\CS(=O)NCC)Oc1ccccc1Cl)=C(/C)C(=O)O. The third kappa shape index (κ3) is 12.3. The zero-order valence-corrected chi connectivity index (χ0v) is 22.5. The summed E-state index contributed by atoms with van der Waals surface area (Å²) in [4.78, 5) is 13.9. The lowest BCUT2D eigenvalue weighted by Gasteiger charge is -2.27. The van der Waals surface area contributed by atoms with Crippen molar-refractivity contribution in [2.75, 3.05) is 25.4 Å². The van der Waals surface area contributed by atoms with Gasteiger partial charge >= 0.3 is 5.97 Å². The number of hydrogen-bond acceptors (Lipinski definition) is 4. The standard InChI is InChI=1S/C23H35ClN2O4S.C2H6/c1-5-8-14-26(15-9-6-2)21(18(4)23(27)28)16-19(17-31(29)25-7-3)30-22-13-11-10-12-20(22)24;1-2/h10-13,16,25H,5-9,14-15,17H2,1-4H3,(H,27,28);1-2H3/b19-16+,21-18-;. The van der Waals surface area contributed by atoms with Gasteiger partial charge in [-0.1, -0.05) is 71.2 Å². The number of unbranched alkanes of at least 4 members (excludes halogenated alkanes) is 2. The lowest BCUT2D eigenvalue weighted by atomic mass is 10.1. The van der Waals surface area contributed by atoms with Gasteiger partial charge in [-0.2, -0.15) is 0 Å². The van der Waals surface area contributed by atoms with E-state index in [-0.39, 0.29) is 11.3 Å². The van der Waals surface area contributed by atoms with Crippen molar-refractivity contribution in [2.45, 2.75) is 67.2 Å². The summed E-state index contributed by atoms with van der Waals surface area (Å²) in [5.41, 5.74) is 0.798. The highest BCUT2D eigenvalue weighted by Gasteiger charge is 2.18. The minimum atomic E-state index is -1.37. The number of nitrogens with one attached hydrogen (secondary N) is 1. The topological polar surface area (TPSA) is 78.9 Å². The van der Waals surface area contributed by atoms with Crippen LogP contribution in [-0.4, -0.2) is 45.6 Å². The number of benzene rings is 1. The molecule has 8 heteroatoms. The molecule has 33 heavy (non-hydrogen) atoms. The molecule has 0 heterocycles. The third-order valence-corrected chi connectivity index (χ3v) is 6.03. The highest BCUT2D eigenvalue weighted by molar-refractivity contribution is 7.83. The highest BCUT2D eigenvalue weighted by atomic mass is 35.5. The van der Waals surface area contributed by atoms with Crippen molar-refractivity contribution in [3.63, 3.8) is 0 Å². The van der Waals surface area contributed by atoms with Crippen LogP contribution in [0.1, 0.15) is 67.2 Å². The minimum Gasteiger partial charge on any atom is -0.478 e. The van der Waals surface area contributed by atoms with Crippen LogP contribution in [0.5, 0.6) is 5.75 Å². The average molecular weight is 501 g/mol. The van der Waals surface area contributed by atoms with Gasteiger partial charge in [0.15, 0.2) is 0 Å². The van der Waals surface area contributed by atoms with Gasteiger partial charge in [0.2, 0.25) is 0 Å². The number of rotatable bonds is 15. The molecule has 0 aliphatic carbocycles. The Kier molecular flexibility index (Phi) is 17.6. The third-order valence-electron chi connectivity index (χ3n) is 4.56. The molecular formula is C25H41ClN2O4S. The number of carboxylic acids is 1. The summed E-state index contributed by atoms with van der Waals surface area (Å²) in [5.74, 6) is -0.0785. The van der Waals surface area contributed by atoms with Gasteiger partial charge in [0.25, 0.3) is 0 Å². The Balaban J connectivity index is 0.00000497. The van der Waals surface area contributed by atoms with Crippen molar-refractivity contribution >= 4 is 28.6 Å². The second kappa shape index (κ2) is 18.6. The average Bonchev–Trinajstić information content (AvgIpc) is 2.80. The molecule has 0 saturated heterocycles. The molecule has 0 aromatic heterocycles. The maximum atomic E-state index is 12.4. The molecule has 0 fully saturated rings. The van der Waals surface area contributed by atoms with E-state index in [0.29, 0.717) is 28.8 Å². The molecule has 0 amide bonds. The van der Waals surface area contributed by atoms with Crippen LogP contribution < -0.4 is 9.46 Å². The predicted molar refractivity (Wildman–Crippen MR) is 140 cm³/mol. The second-order valence-corrected chi connectivity index (χ2v) is 8.82. The Morgan fingerprint density at radius 1 is 1.15 bits per heavy atom. The van der Waals surface area contributed by atoms with E-state index in [1.165, 1.54) is 0 Å². The lowest BCUT2D eigenvalue weighted by Crippen LogP contribution is -2.28. The molecule has 0 aliphatic heterocycles. The van der Waals surface area contributed by atoms with E-state index in [2.05, 4.69) is 23.5 Å². The monoisotopic (exact) mass is 500 g/mol. The summed E-state index contributed by atoms with van der Waals surface area (Å²) in [6, 6.07) is 7.04. The number of ether oxygens (including phenoxy) is 1. The molecule has 0 radical (unpaired) electrons. The first-order valence-corrected chi connectivity index (χ1v) is 13.5. The normalized spacial score (nSPS) is 12.9. The van der Waals surface area contributed by atoms with E-state index in [4.69, 9.17) is 16.3 Å². The van der Waals surface area contributed by atoms with Crippen LogP contribution in [0, 0.1) is 0 Å². The van der Waals surface area contributed by atoms with Gasteiger partial charge in [0, 0.05) is 25.7 Å². The van der Waals surface area contributed by atoms with Crippen molar-refractivity contribution in [2.24, 2.45) is 0 Å². The van der Waals surface area contributed by atoms with Gasteiger partial charge in [-0.3, -0.25) is 0 Å². The number of aliphatic carboxylic acids is 1. The van der Waals surface area contributed by atoms with Crippen LogP contribution in [0.3, 0.4) is 0 Å². The minimum absolute atomic E-state index is 0.0882. The molecule has 2 N–H and O–H groups in total. The first-order valence-electron chi connectivity index (χ1n) is 11.8. The quantitative estimate of drug-likeness (QED) is 0.171. The van der Waals surface area contributed by atoms with Crippen LogP contribution in [0.15, 0.2) is 47.4 Å². The lowest BCUT2D eigenvalue weighted by molar-refractivity contribution is -0.132. The van der Waals surface area contributed by atoms with Crippen molar-refractivity contribution < 1.29 is 18.8 Å². The Bertz CT molecular complexity index is 788. The number of carboxylic acid groups (broad SMARTS) is 1. The summed E-state index contributed by atoms with van der Waals surface area (Å²) in [6.07, 6.45) is 5.58. The van der Waals surface area contributed by atoms with Crippen LogP contribution in [0.4, 0.5) is 0 Å². The molecule has 0 aliphatic rings. The Labute approximate surface area is 207 Å². The fraction of sp³-hybridized carbons (Fsp3) is 0.560. The molecule has 1 aromatic rings. The second-order valence-electron chi connectivity index (χ2n) is 7.14. The zero-order valence-electron chi connectivity index (χ0n) is 20.9. The van der Waals surface area contributed by atoms with Gasteiger partial charge in [0.1, 0.15) is 11.5 Å². The number of para-hydroxylation sites is 1. The van der Waals surface area contributed by atoms with Gasteiger partial charge in [-0.25, -0.2) is 13.7 Å². The van der Waals surface area contributed by atoms with Gasteiger partial charge in [0.05, 0.1) is 33.0 Å². The first kappa shape index (κ1) is 31.2. The Hall–Kier alpha value is -1.83. The Morgan fingerprint density at radius 3 is 2.21 bits per heavy atom. The van der Waals surface area contributed by atoms with Crippen LogP contribution >= 0.6 is 11.6 Å². The number of nitrogens with zero attached hydrogens (tertiary/aromatic N) is 1. The maximum Gasteiger partial charge on any atom is 0.333 e. The summed E-state index contributed by atoms with van der Waals surface area (Å²) in [7, 11) is -1.37. The smallest absolute Gasteiger partial charge is 0.333 e. The summed E-state index contributed by atoms with van der Waals surface area (Å²) in [6.45, 7) is 13.7. The van der Waals surface area contributed by atoms with E-state index in [1.54, 1.807) is 37.3 Å². The zero-order chi connectivity index (χ0) is 25.2. The van der Waals surface area contributed by atoms with E-state index < -0.39 is 17.0 Å². The van der Waals surface area contributed by atoms with E-state index in [1.807, 2.05) is 20.8 Å². The van der Waals surface area contributed by atoms with E-state index in [9.17, 15) is 14.1 Å². The van der Waals surface area contributed by atoms with Gasteiger partial charge in [-0.05, 0) is 31.9 Å². The molecule has 1 rings (SSSR count). The van der Waals surface area contributed by atoms with E-state index >= 15 is 0 Å². The molecule has 1 unspecified atom stereocenters. The Morgan fingerprint density at radius 2 is 1.73 bits per heavy atom. The molecule has 0 spiro atoms. The summed E-state index contributed by atoms with van der Waals surface area (Å²) >= 11 is 6.25. The number of carbonyl (C=O) groups is 1. The van der Waals surface area contributed by atoms with Crippen molar-refractivity contribution in [1.82, 2.24) is 9.62 Å². The number of allylic oxidation sites excluding steroid dienone is 1. The summed E-state index contributed by atoms with van der Waals surface area (Å²) < 4.78 is 21.3. The molecule has 0 saturated carbocycles. The van der Waals surface area contributed by atoms with Crippen LogP contribution in [-0.2, 0) is 15.8 Å². The molecule has 0 bridgehead atoms. The van der Waals surface area contributed by atoms with E-state index in [0.717, 1.165) is 38.8 Å². The number of halogens is 1. The highest BCUT2D eigenvalue weighted by Crippen LogP contribution is 2.26. The van der Waals surface area contributed by atoms with Crippen molar-refractivity contribution in [3.05, 3.63) is 52.4 Å². The van der Waals surface area contributed by atoms with Crippen LogP contribution in [0.2, 0.25) is 5.02 Å². The van der Waals surface area contributed by atoms with Gasteiger partial charge in [-0.15, -0.1) is 0 Å². The molecule has 6 nitrogen and oxygen atoms in total. The van der Waals surface area contributed by atoms with Crippen molar-refractivity contribution in [1.29, 1.82) is 0 Å². The first-order chi connectivity index (χ1) is 15.8. The molecule has 1 atom stereocenters. The largest absolute Gasteiger partial charge is 0.478 e. The van der Waals surface area contributed by atoms with Crippen LogP contribution in [0.25, 0.3) is 0 Å².